The third kappa shape index (κ3) is 5.72. The van der Waals surface area contributed by atoms with Crippen molar-refractivity contribution in [3.05, 3.63) is 11.4 Å². The van der Waals surface area contributed by atoms with Crippen LogP contribution in [0.15, 0.2) is 11.4 Å². The molecule has 3 heterocycles. The minimum absolute atomic E-state index is 0.237. The van der Waals surface area contributed by atoms with Crippen molar-refractivity contribution >= 4 is 5.78 Å². The maximum atomic E-state index is 11.4. The molecule has 0 bridgehead atoms. The summed E-state index contributed by atoms with van der Waals surface area (Å²) in [5, 5.41) is 19.0. The molecule has 0 saturated carbocycles. The van der Waals surface area contributed by atoms with Gasteiger partial charge in [0.1, 0.15) is 23.7 Å². The maximum Gasteiger partial charge on any atom is 0.169 e. The molecule has 0 aromatic heterocycles. The van der Waals surface area contributed by atoms with Crippen LogP contribution in [-0.4, -0.2) is 90.3 Å². The molecule has 3 rings (SSSR count). The fraction of sp³-hybridized carbons (Fsp3) is 0.773. The summed E-state index contributed by atoms with van der Waals surface area (Å²) >= 11 is 0. The Labute approximate surface area is 175 Å². The molecule has 0 aromatic carbocycles. The number of hydrogen-bond acceptors (Lipinski definition) is 7. The van der Waals surface area contributed by atoms with E-state index in [2.05, 4.69) is 38.7 Å². The van der Waals surface area contributed by atoms with E-state index in [1.165, 1.54) is 19.4 Å². The van der Waals surface area contributed by atoms with Crippen molar-refractivity contribution in [2.24, 2.45) is 0 Å². The summed E-state index contributed by atoms with van der Waals surface area (Å²) in [4.78, 5) is 20.7. The van der Waals surface area contributed by atoms with E-state index in [9.17, 15) is 15.3 Å². The van der Waals surface area contributed by atoms with E-state index in [4.69, 9.17) is 0 Å². The van der Waals surface area contributed by atoms with Crippen LogP contribution in [0.2, 0.25) is 0 Å². The number of rotatable bonds is 8. The summed E-state index contributed by atoms with van der Waals surface area (Å²) in [6.07, 6.45) is 5.98. The Bertz CT molecular complexity index is 664. The van der Waals surface area contributed by atoms with E-state index in [-0.39, 0.29) is 5.57 Å². The average molecular weight is 399 g/mol. The Morgan fingerprint density at radius 2 is 1.55 bits per heavy atom. The van der Waals surface area contributed by atoms with Gasteiger partial charge in [-0.2, -0.15) is 10.5 Å². The number of carbonyl (C=O) groups excluding carboxylic acids is 1. The molecule has 29 heavy (non-hydrogen) atoms. The lowest BCUT2D eigenvalue weighted by Gasteiger charge is -2.28. The predicted molar refractivity (Wildman–Crippen MR) is 112 cm³/mol. The van der Waals surface area contributed by atoms with Gasteiger partial charge in [0.25, 0.3) is 0 Å². The van der Waals surface area contributed by atoms with Crippen molar-refractivity contribution in [1.82, 2.24) is 19.6 Å². The van der Waals surface area contributed by atoms with E-state index < -0.39 is 0 Å². The topological polar surface area (TPSA) is 77.6 Å². The minimum atomic E-state index is 0.237. The zero-order valence-electron chi connectivity index (χ0n) is 17.8. The van der Waals surface area contributed by atoms with Gasteiger partial charge in [0.05, 0.1) is 0 Å². The normalized spacial score (nSPS) is 23.5. The van der Waals surface area contributed by atoms with Gasteiger partial charge in [-0.1, -0.05) is 0 Å². The lowest BCUT2D eigenvalue weighted by atomic mass is 10.1. The first-order valence-corrected chi connectivity index (χ1v) is 11.1. The van der Waals surface area contributed by atoms with Crippen LogP contribution in [0.25, 0.3) is 0 Å². The van der Waals surface area contributed by atoms with Crippen molar-refractivity contribution < 1.29 is 4.79 Å². The lowest BCUT2D eigenvalue weighted by Crippen LogP contribution is -2.36. The van der Waals surface area contributed by atoms with Gasteiger partial charge in [0.2, 0.25) is 0 Å². The van der Waals surface area contributed by atoms with Gasteiger partial charge < -0.3 is 19.6 Å². The molecule has 1 atom stereocenters. The molecule has 7 nitrogen and oxygen atoms in total. The van der Waals surface area contributed by atoms with Crippen LogP contribution in [-0.2, 0) is 4.79 Å². The summed E-state index contributed by atoms with van der Waals surface area (Å²) in [7, 11) is 0. The summed E-state index contributed by atoms with van der Waals surface area (Å²) in [6.45, 7) is 10.8. The lowest BCUT2D eigenvalue weighted by molar-refractivity contribution is -0.121. The van der Waals surface area contributed by atoms with Crippen LogP contribution in [0.5, 0.6) is 0 Å². The zero-order valence-corrected chi connectivity index (χ0v) is 17.8. The molecular formula is C22H34N6O. The summed E-state index contributed by atoms with van der Waals surface area (Å²) < 4.78 is 0. The first kappa shape index (κ1) is 21.6. The van der Waals surface area contributed by atoms with E-state index in [1.807, 2.05) is 0 Å². The second-order valence-corrected chi connectivity index (χ2v) is 8.51. The van der Waals surface area contributed by atoms with Crippen molar-refractivity contribution in [2.75, 3.05) is 58.9 Å². The SMILES string of the molecule is CC1CCCN1CCCN1CCN(CCCN2CCC(=O)CC2)C1=C(C#N)C#N. The highest BCUT2D eigenvalue weighted by molar-refractivity contribution is 5.79. The monoisotopic (exact) mass is 398 g/mol. The number of carbonyl (C=O) groups is 1. The molecule has 0 radical (unpaired) electrons. The number of ketones is 1. The molecule has 7 heteroatoms. The first-order chi connectivity index (χ1) is 14.1. The summed E-state index contributed by atoms with van der Waals surface area (Å²) in [5.41, 5.74) is 0.237. The van der Waals surface area contributed by atoms with Crippen LogP contribution in [0.3, 0.4) is 0 Å². The highest BCUT2D eigenvalue weighted by atomic mass is 16.1. The van der Waals surface area contributed by atoms with Crippen LogP contribution in [0.1, 0.15) is 45.4 Å². The minimum Gasteiger partial charge on any atom is -0.355 e. The van der Waals surface area contributed by atoms with E-state index >= 15 is 0 Å². The Balaban J connectivity index is 1.51. The smallest absolute Gasteiger partial charge is 0.169 e. The van der Waals surface area contributed by atoms with Gasteiger partial charge in [-0.25, -0.2) is 0 Å². The fourth-order valence-corrected chi connectivity index (χ4v) is 4.83. The number of piperidine rings is 1. The first-order valence-electron chi connectivity index (χ1n) is 11.1. The number of nitriles is 2. The Morgan fingerprint density at radius 3 is 2.10 bits per heavy atom. The maximum absolute atomic E-state index is 11.4. The number of nitrogens with zero attached hydrogens (tertiary/aromatic N) is 6. The Hall–Kier alpha value is -2.09. The van der Waals surface area contributed by atoms with Crippen molar-refractivity contribution in [3.63, 3.8) is 0 Å². The molecule has 158 valence electrons. The molecule has 0 aromatic rings. The quantitative estimate of drug-likeness (QED) is 0.577. The Kier molecular flexibility index (Phi) is 7.91. The highest BCUT2D eigenvalue weighted by Gasteiger charge is 2.28. The summed E-state index contributed by atoms with van der Waals surface area (Å²) in [5.74, 6) is 1.20. The fourth-order valence-electron chi connectivity index (χ4n) is 4.83. The van der Waals surface area contributed by atoms with E-state index in [0.717, 1.165) is 71.0 Å². The number of Topliss-reactive ketones (excluding diaryl/α,β-unsaturated/α-hetero) is 1. The largest absolute Gasteiger partial charge is 0.355 e. The molecule has 3 saturated heterocycles. The molecule has 3 aliphatic rings. The van der Waals surface area contributed by atoms with Gasteiger partial charge in [0.15, 0.2) is 5.57 Å². The molecule has 3 aliphatic heterocycles. The van der Waals surface area contributed by atoms with Crippen molar-refractivity contribution in [1.29, 1.82) is 10.5 Å². The Morgan fingerprint density at radius 1 is 0.931 bits per heavy atom. The van der Waals surface area contributed by atoms with Gasteiger partial charge >= 0.3 is 0 Å². The number of likely N-dealkylation sites (tertiary alicyclic amines) is 2. The van der Waals surface area contributed by atoms with Gasteiger partial charge in [-0.05, 0) is 45.7 Å². The zero-order chi connectivity index (χ0) is 20.6. The molecule has 0 amide bonds. The second kappa shape index (κ2) is 10.6. The molecule has 0 aliphatic carbocycles. The molecular weight excluding hydrogens is 364 g/mol. The van der Waals surface area contributed by atoms with E-state index in [1.54, 1.807) is 0 Å². The predicted octanol–water partition coefficient (Wildman–Crippen LogP) is 1.79. The van der Waals surface area contributed by atoms with E-state index in [0.29, 0.717) is 24.7 Å². The van der Waals surface area contributed by atoms with Gasteiger partial charge in [-0.15, -0.1) is 0 Å². The van der Waals surface area contributed by atoms with Gasteiger partial charge in [0, 0.05) is 64.7 Å². The molecule has 3 fully saturated rings. The standard InChI is InChI=1S/C22H34N6O/c1-19-5-2-9-26(19)10-4-12-28-16-15-27(22(28)20(17-23)18-24)11-3-8-25-13-6-21(29)7-14-25/h19H,2-16H2,1H3. The average Bonchev–Trinajstić information content (AvgIpc) is 3.31. The van der Waals surface area contributed by atoms with Crippen LogP contribution >= 0.6 is 0 Å². The molecule has 1 unspecified atom stereocenters. The van der Waals surface area contributed by atoms with Gasteiger partial charge in [-0.3, -0.25) is 4.79 Å². The summed E-state index contributed by atoms with van der Waals surface area (Å²) in [6, 6.07) is 4.91. The van der Waals surface area contributed by atoms with Crippen molar-refractivity contribution in [3.8, 4) is 12.1 Å². The van der Waals surface area contributed by atoms with Crippen LogP contribution in [0.4, 0.5) is 0 Å². The third-order valence-corrected chi connectivity index (χ3v) is 6.57. The molecule has 0 spiro atoms. The second-order valence-electron chi connectivity index (χ2n) is 8.51. The molecule has 0 N–H and O–H groups in total. The highest BCUT2D eigenvalue weighted by Crippen LogP contribution is 2.23. The van der Waals surface area contributed by atoms with Crippen LogP contribution < -0.4 is 0 Å². The third-order valence-electron chi connectivity index (χ3n) is 6.57. The number of hydrogen-bond donors (Lipinski definition) is 0. The van der Waals surface area contributed by atoms with Crippen molar-refractivity contribution in [2.45, 2.75) is 51.5 Å². The number of allylic oxidation sites excluding steroid dienone is 1. The van der Waals surface area contributed by atoms with Crippen LogP contribution in [0, 0.1) is 22.7 Å².